The van der Waals surface area contributed by atoms with Gasteiger partial charge in [-0.3, -0.25) is 9.59 Å². The van der Waals surface area contributed by atoms with Gasteiger partial charge in [-0.25, -0.2) is 4.39 Å². The van der Waals surface area contributed by atoms with Gasteiger partial charge in [0.1, 0.15) is 5.82 Å². The highest BCUT2D eigenvalue weighted by Gasteiger charge is 2.31. The number of halogens is 1. The summed E-state index contributed by atoms with van der Waals surface area (Å²) in [6.45, 7) is 0.147. The third kappa shape index (κ3) is 2.54. The van der Waals surface area contributed by atoms with E-state index in [4.69, 9.17) is 9.47 Å². The van der Waals surface area contributed by atoms with Crippen LogP contribution in [0.25, 0.3) is 0 Å². The Morgan fingerprint density at radius 1 is 1.17 bits per heavy atom. The summed E-state index contributed by atoms with van der Waals surface area (Å²) < 4.78 is 23.8. The van der Waals surface area contributed by atoms with Crippen molar-refractivity contribution >= 4 is 23.2 Å². The van der Waals surface area contributed by atoms with E-state index in [1.165, 1.54) is 18.2 Å². The topological polar surface area (TPSA) is 76.7 Å². The quantitative estimate of drug-likeness (QED) is 0.888. The molecule has 6 nitrogen and oxygen atoms in total. The molecule has 0 fully saturated rings. The van der Waals surface area contributed by atoms with E-state index in [9.17, 15) is 14.0 Å². The molecule has 2 aromatic carbocycles. The van der Waals surface area contributed by atoms with E-state index in [1.54, 1.807) is 18.2 Å². The molecule has 2 aromatic rings. The fourth-order valence-corrected chi connectivity index (χ4v) is 2.87. The number of carbonyl (C=O) groups excluding carboxylic acids is 2. The number of anilines is 2. The summed E-state index contributed by atoms with van der Waals surface area (Å²) in [6, 6.07) is 9.07. The van der Waals surface area contributed by atoms with Gasteiger partial charge in [0.05, 0.1) is 5.92 Å². The molecule has 2 N–H and O–H groups in total. The largest absolute Gasteiger partial charge is 0.454 e. The maximum Gasteiger partial charge on any atom is 0.232 e. The van der Waals surface area contributed by atoms with Crippen molar-refractivity contribution < 1.29 is 23.5 Å². The summed E-state index contributed by atoms with van der Waals surface area (Å²) >= 11 is 0. The first kappa shape index (κ1) is 14.5. The molecule has 7 heteroatoms. The Morgan fingerprint density at radius 3 is 2.88 bits per heavy atom. The first-order valence-corrected chi connectivity index (χ1v) is 7.40. The minimum absolute atomic E-state index is 0.00895. The normalized spacial score (nSPS) is 17.9. The Morgan fingerprint density at radius 2 is 2.00 bits per heavy atom. The van der Waals surface area contributed by atoms with Gasteiger partial charge in [0.15, 0.2) is 11.5 Å². The van der Waals surface area contributed by atoms with Gasteiger partial charge in [-0.2, -0.15) is 0 Å². The van der Waals surface area contributed by atoms with Crippen LogP contribution in [0.4, 0.5) is 15.8 Å². The van der Waals surface area contributed by atoms with Gasteiger partial charge in [-0.15, -0.1) is 0 Å². The van der Waals surface area contributed by atoms with Crippen LogP contribution in [0.2, 0.25) is 0 Å². The highest BCUT2D eigenvalue weighted by Crippen LogP contribution is 2.36. The van der Waals surface area contributed by atoms with Gasteiger partial charge in [0.25, 0.3) is 0 Å². The third-order valence-electron chi connectivity index (χ3n) is 4.01. The molecule has 122 valence electrons. The smallest absolute Gasteiger partial charge is 0.232 e. The van der Waals surface area contributed by atoms with Crippen molar-refractivity contribution in [3.05, 3.63) is 47.8 Å². The van der Waals surface area contributed by atoms with Crippen molar-refractivity contribution in [2.24, 2.45) is 0 Å². The molecule has 2 aliphatic rings. The lowest BCUT2D eigenvalue weighted by Crippen LogP contribution is -2.30. The standard InChI is InChI=1S/C17H13FN2O4/c18-9-1-3-11-12(7-16(21)20-13(11)5-9)17(22)19-10-2-4-14-15(6-10)24-8-23-14/h1-6,12H,7-8H2,(H,19,22)(H,20,21). The lowest BCUT2D eigenvalue weighted by molar-refractivity contribution is -0.123. The average Bonchev–Trinajstić information content (AvgIpc) is 3.01. The Bertz CT molecular complexity index is 852. The van der Waals surface area contributed by atoms with Gasteiger partial charge in [0.2, 0.25) is 18.6 Å². The lowest BCUT2D eigenvalue weighted by Gasteiger charge is -2.24. The molecule has 1 atom stereocenters. The molecule has 0 bridgehead atoms. The summed E-state index contributed by atoms with van der Waals surface area (Å²) in [5, 5.41) is 5.36. The maximum absolute atomic E-state index is 13.3. The highest BCUT2D eigenvalue weighted by molar-refractivity contribution is 6.05. The Hall–Kier alpha value is -3.09. The van der Waals surface area contributed by atoms with Crippen LogP contribution in [0.5, 0.6) is 11.5 Å². The molecule has 0 saturated heterocycles. The van der Waals surface area contributed by atoms with Crippen molar-refractivity contribution in [2.45, 2.75) is 12.3 Å². The van der Waals surface area contributed by atoms with E-state index >= 15 is 0 Å². The van der Waals surface area contributed by atoms with E-state index in [-0.39, 0.29) is 25.0 Å². The van der Waals surface area contributed by atoms with Crippen molar-refractivity contribution in [1.82, 2.24) is 0 Å². The summed E-state index contributed by atoms with van der Waals surface area (Å²) in [4.78, 5) is 24.4. The molecule has 0 saturated carbocycles. The second-order valence-corrected chi connectivity index (χ2v) is 5.59. The van der Waals surface area contributed by atoms with Crippen LogP contribution in [0, 0.1) is 5.82 Å². The second-order valence-electron chi connectivity index (χ2n) is 5.59. The Balaban J connectivity index is 1.60. The molecular weight excluding hydrogens is 315 g/mol. The van der Waals surface area contributed by atoms with Crippen molar-refractivity contribution in [1.29, 1.82) is 0 Å². The van der Waals surface area contributed by atoms with Gasteiger partial charge in [-0.1, -0.05) is 6.07 Å². The van der Waals surface area contributed by atoms with Crippen molar-refractivity contribution in [3.63, 3.8) is 0 Å². The number of rotatable bonds is 2. The van der Waals surface area contributed by atoms with E-state index in [1.807, 2.05) is 0 Å². The fraction of sp³-hybridized carbons (Fsp3) is 0.176. The van der Waals surface area contributed by atoms with Crippen molar-refractivity contribution in [3.8, 4) is 11.5 Å². The van der Waals surface area contributed by atoms with Gasteiger partial charge < -0.3 is 20.1 Å². The molecule has 0 aromatic heterocycles. The van der Waals surface area contributed by atoms with Crippen LogP contribution in [0.15, 0.2) is 36.4 Å². The van der Waals surface area contributed by atoms with E-state index in [0.29, 0.717) is 28.4 Å². The zero-order valence-electron chi connectivity index (χ0n) is 12.5. The summed E-state index contributed by atoms with van der Waals surface area (Å²) in [5.41, 5.74) is 1.46. The van der Waals surface area contributed by atoms with Crippen LogP contribution in [0.1, 0.15) is 17.9 Å². The van der Waals surface area contributed by atoms with Crippen LogP contribution in [0.3, 0.4) is 0 Å². The Labute approximate surface area is 136 Å². The monoisotopic (exact) mass is 328 g/mol. The van der Waals surface area contributed by atoms with Gasteiger partial charge in [-0.05, 0) is 29.8 Å². The molecule has 0 spiro atoms. The molecule has 2 amide bonds. The predicted octanol–water partition coefficient (Wildman–Crippen LogP) is 2.62. The van der Waals surface area contributed by atoms with E-state index in [0.717, 1.165) is 0 Å². The first-order valence-electron chi connectivity index (χ1n) is 7.40. The fourth-order valence-electron chi connectivity index (χ4n) is 2.87. The average molecular weight is 328 g/mol. The highest BCUT2D eigenvalue weighted by atomic mass is 19.1. The van der Waals surface area contributed by atoms with E-state index < -0.39 is 11.7 Å². The summed E-state index contributed by atoms with van der Waals surface area (Å²) in [6.07, 6.45) is 0.00895. The first-order chi connectivity index (χ1) is 11.6. The predicted molar refractivity (Wildman–Crippen MR) is 83.6 cm³/mol. The zero-order chi connectivity index (χ0) is 16.7. The van der Waals surface area contributed by atoms with Crippen LogP contribution in [-0.4, -0.2) is 18.6 Å². The number of carbonyl (C=O) groups is 2. The summed E-state index contributed by atoms with van der Waals surface area (Å²) in [7, 11) is 0. The Kier molecular flexibility index (Phi) is 3.34. The molecule has 24 heavy (non-hydrogen) atoms. The number of fused-ring (bicyclic) bond motifs is 2. The molecule has 2 aliphatic heterocycles. The maximum atomic E-state index is 13.3. The van der Waals surface area contributed by atoms with Crippen LogP contribution in [-0.2, 0) is 9.59 Å². The van der Waals surface area contributed by atoms with E-state index in [2.05, 4.69) is 10.6 Å². The lowest BCUT2D eigenvalue weighted by atomic mass is 9.89. The third-order valence-corrected chi connectivity index (χ3v) is 4.01. The molecular formula is C17H13FN2O4. The minimum Gasteiger partial charge on any atom is -0.454 e. The summed E-state index contributed by atoms with van der Waals surface area (Å²) in [5.74, 6) is -0.635. The molecule has 0 aliphatic carbocycles. The minimum atomic E-state index is -0.681. The van der Waals surface area contributed by atoms with Crippen molar-refractivity contribution in [2.75, 3.05) is 17.4 Å². The molecule has 0 radical (unpaired) electrons. The van der Waals surface area contributed by atoms with Crippen LogP contribution < -0.4 is 20.1 Å². The number of nitrogens with one attached hydrogen (secondary N) is 2. The van der Waals surface area contributed by atoms with Crippen LogP contribution >= 0.6 is 0 Å². The number of hydrogen-bond donors (Lipinski definition) is 2. The molecule has 4 rings (SSSR count). The SMILES string of the molecule is O=C1CC(C(=O)Nc2ccc3c(c2)OCO3)c2ccc(F)cc2N1. The number of benzene rings is 2. The number of ether oxygens (including phenoxy) is 2. The van der Waals surface area contributed by atoms with Gasteiger partial charge >= 0.3 is 0 Å². The number of hydrogen-bond acceptors (Lipinski definition) is 4. The molecule has 1 unspecified atom stereocenters. The zero-order valence-corrected chi connectivity index (χ0v) is 12.5. The molecule has 2 heterocycles. The van der Waals surface area contributed by atoms with Gasteiger partial charge in [0, 0.05) is 23.9 Å². The second kappa shape index (κ2) is 5.52. The number of amides is 2.